The lowest BCUT2D eigenvalue weighted by Crippen LogP contribution is -2.44. The third kappa shape index (κ3) is 4.05. The van der Waals surface area contributed by atoms with Crippen LogP contribution in [0.15, 0.2) is 18.2 Å². The van der Waals surface area contributed by atoms with Crippen LogP contribution in [-0.4, -0.2) is 51.3 Å². The van der Waals surface area contributed by atoms with E-state index in [1.165, 1.54) is 10.6 Å². The van der Waals surface area contributed by atoms with Crippen LogP contribution in [0.25, 0.3) is 0 Å². The SMILES string of the molecule is CCC[C@H](C)N(Cc1ccc(N2CCC3(COC3)C2)cc1F)S(C)(=O)=O. The second-order valence-electron chi connectivity index (χ2n) is 7.89. The quantitative estimate of drug-likeness (QED) is 0.725. The third-order valence-electron chi connectivity index (χ3n) is 5.61. The standard InChI is InChI=1S/C19H29FN2O3S/c1-4-5-15(2)22(26(3,23)24)11-16-6-7-17(10-18(16)20)21-9-8-19(12-21)13-25-14-19/h6-7,10,15H,4-5,8-9,11-14H2,1-3H3/t15-/m0/s1. The molecule has 1 aromatic carbocycles. The summed E-state index contributed by atoms with van der Waals surface area (Å²) in [7, 11) is -3.40. The molecule has 2 fully saturated rings. The van der Waals surface area contributed by atoms with Crippen molar-refractivity contribution < 1.29 is 17.5 Å². The Morgan fingerprint density at radius 2 is 2.12 bits per heavy atom. The number of hydrogen-bond donors (Lipinski definition) is 0. The predicted octanol–water partition coefficient (Wildman–Crippen LogP) is 3.00. The molecule has 0 saturated carbocycles. The normalized spacial score (nSPS) is 20.6. The summed E-state index contributed by atoms with van der Waals surface area (Å²) < 4.78 is 45.7. The van der Waals surface area contributed by atoms with E-state index < -0.39 is 10.0 Å². The Labute approximate surface area is 156 Å². The molecule has 0 radical (unpaired) electrons. The van der Waals surface area contributed by atoms with Crippen LogP contribution in [0.3, 0.4) is 0 Å². The van der Waals surface area contributed by atoms with E-state index in [0.717, 1.165) is 51.3 Å². The highest BCUT2D eigenvalue weighted by molar-refractivity contribution is 7.88. The van der Waals surface area contributed by atoms with Crippen LogP contribution in [-0.2, 0) is 21.3 Å². The van der Waals surface area contributed by atoms with Gasteiger partial charge in [-0.15, -0.1) is 0 Å². The predicted molar refractivity (Wildman–Crippen MR) is 101 cm³/mol. The minimum Gasteiger partial charge on any atom is -0.380 e. The van der Waals surface area contributed by atoms with Crippen LogP contribution in [0.4, 0.5) is 10.1 Å². The molecule has 1 aromatic rings. The van der Waals surface area contributed by atoms with Crippen LogP contribution in [0, 0.1) is 11.2 Å². The van der Waals surface area contributed by atoms with Crippen molar-refractivity contribution in [1.29, 1.82) is 0 Å². The number of rotatable bonds is 7. The zero-order chi connectivity index (χ0) is 18.9. The second-order valence-corrected chi connectivity index (χ2v) is 9.82. The highest BCUT2D eigenvalue weighted by Gasteiger charge is 2.44. The maximum atomic E-state index is 14.7. The lowest BCUT2D eigenvalue weighted by Gasteiger charge is -2.37. The van der Waals surface area contributed by atoms with E-state index in [9.17, 15) is 12.8 Å². The molecule has 0 aromatic heterocycles. The number of ether oxygens (including phenoxy) is 1. The van der Waals surface area contributed by atoms with Gasteiger partial charge in [-0.2, -0.15) is 4.31 Å². The molecule has 5 nitrogen and oxygen atoms in total. The molecule has 0 N–H and O–H groups in total. The molecule has 2 aliphatic rings. The van der Waals surface area contributed by atoms with Gasteiger partial charge in [0.25, 0.3) is 0 Å². The van der Waals surface area contributed by atoms with E-state index in [1.54, 1.807) is 12.1 Å². The Bertz CT molecular complexity index is 749. The third-order valence-corrected chi connectivity index (χ3v) is 6.95. The van der Waals surface area contributed by atoms with Crippen molar-refractivity contribution in [3.63, 3.8) is 0 Å². The number of nitrogens with zero attached hydrogens (tertiary/aromatic N) is 2. The summed E-state index contributed by atoms with van der Waals surface area (Å²) in [5.41, 5.74) is 1.53. The summed E-state index contributed by atoms with van der Waals surface area (Å²) >= 11 is 0. The average molecular weight is 385 g/mol. The molecule has 2 heterocycles. The van der Waals surface area contributed by atoms with Crippen LogP contribution < -0.4 is 4.90 Å². The molecular weight excluding hydrogens is 355 g/mol. The molecular formula is C19H29FN2O3S. The molecule has 146 valence electrons. The molecule has 1 atom stereocenters. The van der Waals surface area contributed by atoms with Gasteiger partial charge in [-0.1, -0.05) is 19.4 Å². The van der Waals surface area contributed by atoms with Gasteiger partial charge < -0.3 is 9.64 Å². The minimum atomic E-state index is -3.40. The molecule has 7 heteroatoms. The largest absolute Gasteiger partial charge is 0.380 e. The summed E-state index contributed by atoms with van der Waals surface area (Å²) in [6.45, 7) is 7.36. The van der Waals surface area contributed by atoms with E-state index in [4.69, 9.17) is 4.74 Å². The van der Waals surface area contributed by atoms with Gasteiger partial charge in [-0.25, -0.2) is 12.8 Å². The van der Waals surface area contributed by atoms with Gasteiger partial charge in [-0.05, 0) is 31.9 Å². The zero-order valence-corrected chi connectivity index (χ0v) is 16.7. The van der Waals surface area contributed by atoms with E-state index in [2.05, 4.69) is 4.90 Å². The maximum absolute atomic E-state index is 14.7. The topological polar surface area (TPSA) is 49.9 Å². The molecule has 2 saturated heterocycles. The van der Waals surface area contributed by atoms with E-state index in [-0.39, 0.29) is 23.8 Å². The van der Waals surface area contributed by atoms with Crippen LogP contribution in [0.1, 0.15) is 38.7 Å². The first kappa shape index (κ1) is 19.6. The molecule has 0 unspecified atom stereocenters. The van der Waals surface area contributed by atoms with Crippen molar-refractivity contribution in [1.82, 2.24) is 4.31 Å². The molecule has 0 amide bonds. The maximum Gasteiger partial charge on any atom is 0.211 e. The number of anilines is 1. The van der Waals surface area contributed by atoms with Gasteiger partial charge >= 0.3 is 0 Å². The fraction of sp³-hybridized carbons (Fsp3) is 0.684. The highest BCUT2D eigenvalue weighted by Crippen LogP contribution is 2.39. The Morgan fingerprint density at radius 1 is 1.38 bits per heavy atom. The number of halogens is 1. The van der Waals surface area contributed by atoms with Crippen molar-refractivity contribution in [2.45, 2.75) is 45.7 Å². The first-order valence-electron chi connectivity index (χ1n) is 9.32. The number of sulfonamides is 1. The van der Waals surface area contributed by atoms with E-state index in [1.807, 2.05) is 19.9 Å². The molecule has 3 rings (SSSR count). The fourth-order valence-corrected chi connectivity index (χ4v) is 5.11. The van der Waals surface area contributed by atoms with E-state index >= 15 is 0 Å². The highest BCUT2D eigenvalue weighted by atomic mass is 32.2. The van der Waals surface area contributed by atoms with Crippen molar-refractivity contribution in [2.24, 2.45) is 5.41 Å². The molecule has 26 heavy (non-hydrogen) atoms. The van der Waals surface area contributed by atoms with Gasteiger partial charge in [0, 0.05) is 42.3 Å². The van der Waals surface area contributed by atoms with Crippen molar-refractivity contribution in [3.05, 3.63) is 29.6 Å². The first-order valence-corrected chi connectivity index (χ1v) is 11.2. The number of hydrogen-bond acceptors (Lipinski definition) is 4. The van der Waals surface area contributed by atoms with Gasteiger partial charge in [0.1, 0.15) is 5.82 Å². The Hall–Kier alpha value is -1.18. The molecule has 2 aliphatic heterocycles. The van der Waals surface area contributed by atoms with Crippen LogP contribution in [0.5, 0.6) is 0 Å². The average Bonchev–Trinajstić information content (AvgIpc) is 2.98. The molecule has 0 aliphatic carbocycles. The van der Waals surface area contributed by atoms with Crippen molar-refractivity contribution >= 4 is 15.7 Å². The zero-order valence-electron chi connectivity index (χ0n) is 15.9. The summed E-state index contributed by atoms with van der Waals surface area (Å²) in [6, 6.07) is 5.02. The minimum absolute atomic E-state index is 0.0733. The Kier molecular flexibility index (Phi) is 5.61. The Morgan fingerprint density at radius 3 is 2.62 bits per heavy atom. The first-order chi connectivity index (χ1) is 12.2. The fourth-order valence-electron chi connectivity index (χ4n) is 3.97. The van der Waals surface area contributed by atoms with Crippen LogP contribution >= 0.6 is 0 Å². The lowest BCUT2D eigenvalue weighted by atomic mass is 9.85. The van der Waals surface area contributed by atoms with Gasteiger partial charge in [-0.3, -0.25) is 0 Å². The van der Waals surface area contributed by atoms with Crippen LogP contribution in [0.2, 0.25) is 0 Å². The molecule has 1 spiro atoms. The lowest BCUT2D eigenvalue weighted by molar-refractivity contribution is -0.0985. The second kappa shape index (κ2) is 7.44. The van der Waals surface area contributed by atoms with Gasteiger partial charge in [0.2, 0.25) is 10.0 Å². The summed E-state index contributed by atoms with van der Waals surface area (Å²) in [4.78, 5) is 2.20. The van der Waals surface area contributed by atoms with Crippen molar-refractivity contribution in [3.8, 4) is 0 Å². The summed E-state index contributed by atoms with van der Waals surface area (Å²) in [5, 5.41) is 0. The van der Waals surface area contributed by atoms with E-state index in [0.29, 0.717) is 5.56 Å². The summed E-state index contributed by atoms with van der Waals surface area (Å²) in [5.74, 6) is -0.342. The Balaban J connectivity index is 1.74. The monoisotopic (exact) mass is 384 g/mol. The molecule has 0 bridgehead atoms. The smallest absolute Gasteiger partial charge is 0.211 e. The van der Waals surface area contributed by atoms with Gasteiger partial charge in [0.15, 0.2) is 0 Å². The number of benzene rings is 1. The van der Waals surface area contributed by atoms with Crippen molar-refractivity contribution in [2.75, 3.05) is 37.5 Å². The summed E-state index contributed by atoms with van der Waals surface area (Å²) in [6.07, 6.45) is 3.91. The van der Waals surface area contributed by atoms with Gasteiger partial charge in [0.05, 0.1) is 19.5 Å².